The minimum Gasteiger partial charge on any atom is -0.472 e. The summed E-state index contributed by atoms with van der Waals surface area (Å²) in [5.41, 5.74) is 2.59. The zero-order valence-corrected chi connectivity index (χ0v) is 13.4. The molecule has 2 heterocycles. The summed E-state index contributed by atoms with van der Waals surface area (Å²) < 4.78 is 12.0. The first-order valence-corrected chi connectivity index (χ1v) is 8.48. The highest BCUT2D eigenvalue weighted by Crippen LogP contribution is 2.44. The second-order valence-corrected chi connectivity index (χ2v) is 6.40. The van der Waals surface area contributed by atoms with Crippen LogP contribution in [-0.4, -0.2) is 30.9 Å². The Bertz CT molecular complexity index is 877. The summed E-state index contributed by atoms with van der Waals surface area (Å²) >= 11 is 0. The number of ether oxygens (including phenoxy) is 2. The van der Waals surface area contributed by atoms with Gasteiger partial charge in [0.2, 0.25) is 0 Å². The lowest BCUT2D eigenvalue weighted by Gasteiger charge is -2.45. The molecule has 5 rings (SSSR count). The fourth-order valence-corrected chi connectivity index (χ4v) is 3.96. The summed E-state index contributed by atoms with van der Waals surface area (Å²) in [5.74, 6) is 0.981. The maximum atomic E-state index is 6.30. The first-order valence-electron chi connectivity index (χ1n) is 8.48. The van der Waals surface area contributed by atoms with Crippen molar-refractivity contribution in [3.05, 3.63) is 77.9 Å². The normalized spacial score (nSPS) is 23.3. The second kappa shape index (κ2) is 5.62. The number of fused-ring (bicyclic) bond motifs is 4. The maximum absolute atomic E-state index is 6.30. The average molecular weight is 317 g/mol. The van der Waals surface area contributed by atoms with Gasteiger partial charge in [0, 0.05) is 12.1 Å². The average Bonchev–Trinajstić information content (AvgIpc) is 2.66. The van der Waals surface area contributed by atoms with E-state index in [4.69, 9.17) is 9.47 Å². The lowest BCUT2D eigenvalue weighted by Crippen LogP contribution is -2.53. The van der Waals surface area contributed by atoms with Crippen molar-refractivity contribution in [3.63, 3.8) is 0 Å². The zero-order valence-electron chi connectivity index (χ0n) is 13.4. The monoisotopic (exact) mass is 317 g/mol. The highest BCUT2D eigenvalue weighted by Gasteiger charge is 2.39. The van der Waals surface area contributed by atoms with E-state index in [1.165, 1.54) is 21.9 Å². The fraction of sp³-hybridized carbons (Fsp3) is 0.238. The van der Waals surface area contributed by atoms with Crippen molar-refractivity contribution in [3.8, 4) is 5.75 Å². The highest BCUT2D eigenvalue weighted by atomic mass is 16.6. The van der Waals surface area contributed by atoms with Crippen LogP contribution in [0.4, 0.5) is 0 Å². The first-order chi connectivity index (χ1) is 11.9. The molecule has 3 nitrogen and oxygen atoms in total. The lowest BCUT2D eigenvalue weighted by molar-refractivity contribution is -0.115. The summed E-state index contributed by atoms with van der Waals surface area (Å²) in [4.78, 5) is 2.44. The Hall–Kier alpha value is -2.36. The van der Waals surface area contributed by atoms with Crippen molar-refractivity contribution < 1.29 is 9.47 Å². The third kappa shape index (κ3) is 2.13. The molecule has 0 radical (unpaired) electrons. The molecule has 0 N–H and O–H groups in total. The number of hydrogen-bond acceptors (Lipinski definition) is 3. The molecule has 2 atom stereocenters. The van der Waals surface area contributed by atoms with E-state index in [1.807, 2.05) is 0 Å². The smallest absolute Gasteiger partial charge is 0.177 e. The Morgan fingerprint density at radius 2 is 1.71 bits per heavy atom. The molecule has 1 fully saturated rings. The van der Waals surface area contributed by atoms with E-state index >= 15 is 0 Å². The van der Waals surface area contributed by atoms with Gasteiger partial charge in [-0.1, -0.05) is 60.7 Å². The molecule has 0 bridgehead atoms. The highest BCUT2D eigenvalue weighted by molar-refractivity contribution is 5.89. The van der Waals surface area contributed by atoms with Crippen molar-refractivity contribution in [1.82, 2.24) is 4.90 Å². The predicted molar refractivity (Wildman–Crippen MR) is 94.2 cm³/mol. The molecule has 3 aromatic rings. The van der Waals surface area contributed by atoms with E-state index in [0.717, 1.165) is 18.9 Å². The SMILES string of the molecule is c1ccc(C2c3c(ccc4ccccc34)OC3COCCN32)cc1. The number of rotatable bonds is 1. The summed E-state index contributed by atoms with van der Waals surface area (Å²) in [5, 5.41) is 2.53. The van der Waals surface area contributed by atoms with Gasteiger partial charge in [-0.15, -0.1) is 0 Å². The van der Waals surface area contributed by atoms with E-state index in [2.05, 4.69) is 71.6 Å². The molecule has 3 aromatic carbocycles. The minimum atomic E-state index is -0.0161. The molecule has 2 unspecified atom stereocenters. The number of morpholine rings is 1. The minimum absolute atomic E-state index is 0.0161. The van der Waals surface area contributed by atoms with Crippen LogP contribution in [0.2, 0.25) is 0 Å². The van der Waals surface area contributed by atoms with Gasteiger partial charge < -0.3 is 9.47 Å². The molecule has 0 spiro atoms. The fourth-order valence-electron chi connectivity index (χ4n) is 3.96. The van der Waals surface area contributed by atoms with Crippen molar-refractivity contribution in [2.24, 2.45) is 0 Å². The van der Waals surface area contributed by atoms with Gasteiger partial charge in [0.15, 0.2) is 6.23 Å². The lowest BCUT2D eigenvalue weighted by atomic mass is 9.90. The molecule has 0 aliphatic carbocycles. The molecule has 3 heteroatoms. The number of benzene rings is 3. The van der Waals surface area contributed by atoms with Gasteiger partial charge in [-0.2, -0.15) is 0 Å². The van der Waals surface area contributed by atoms with E-state index < -0.39 is 0 Å². The van der Waals surface area contributed by atoms with Crippen molar-refractivity contribution in [2.75, 3.05) is 19.8 Å². The van der Waals surface area contributed by atoms with Crippen LogP contribution in [-0.2, 0) is 4.74 Å². The van der Waals surface area contributed by atoms with Crippen LogP contribution >= 0.6 is 0 Å². The van der Waals surface area contributed by atoms with Crippen LogP contribution in [0.15, 0.2) is 66.7 Å². The van der Waals surface area contributed by atoms with Gasteiger partial charge in [0.1, 0.15) is 5.75 Å². The summed E-state index contributed by atoms with van der Waals surface area (Å²) in [6, 6.07) is 23.8. The zero-order chi connectivity index (χ0) is 15.9. The van der Waals surface area contributed by atoms with Crippen LogP contribution in [0.5, 0.6) is 5.75 Å². The quantitative estimate of drug-likeness (QED) is 0.677. The molecule has 120 valence electrons. The van der Waals surface area contributed by atoms with Gasteiger partial charge >= 0.3 is 0 Å². The van der Waals surface area contributed by atoms with Crippen LogP contribution < -0.4 is 4.74 Å². The Morgan fingerprint density at radius 3 is 2.62 bits per heavy atom. The van der Waals surface area contributed by atoms with Crippen LogP contribution in [0.3, 0.4) is 0 Å². The Balaban J connectivity index is 1.78. The van der Waals surface area contributed by atoms with Crippen LogP contribution in [0.1, 0.15) is 17.2 Å². The third-order valence-corrected chi connectivity index (χ3v) is 5.04. The molecule has 0 amide bonds. The molecular formula is C21H19NO2. The van der Waals surface area contributed by atoms with E-state index in [9.17, 15) is 0 Å². The van der Waals surface area contributed by atoms with Gasteiger partial charge in [0.05, 0.1) is 19.3 Å². The molecule has 2 aliphatic heterocycles. The van der Waals surface area contributed by atoms with Crippen molar-refractivity contribution in [1.29, 1.82) is 0 Å². The molecule has 2 aliphatic rings. The molecule has 0 aromatic heterocycles. The molecular weight excluding hydrogens is 298 g/mol. The van der Waals surface area contributed by atoms with Gasteiger partial charge in [-0.25, -0.2) is 0 Å². The number of nitrogens with zero attached hydrogens (tertiary/aromatic N) is 1. The van der Waals surface area contributed by atoms with E-state index in [-0.39, 0.29) is 12.3 Å². The Morgan fingerprint density at radius 1 is 0.875 bits per heavy atom. The Labute approximate surface area is 141 Å². The van der Waals surface area contributed by atoms with Gasteiger partial charge in [-0.3, -0.25) is 4.90 Å². The predicted octanol–water partition coefficient (Wildman–Crippen LogP) is 3.98. The van der Waals surface area contributed by atoms with Crippen LogP contribution in [0.25, 0.3) is 10.8 Å². The molecule has 0 saturated carbocycles. The number of hydrogen-bond donors (Lipinski definition) is 0. The topological polar surface area (TPSA) is 21.7 Å². The summed E-state index contributed by atoms with van der Waals surface area (Å²) in [6.07, 6.45) is -0.0161. The molecule has 1 saturated heterocycles. The first kappa shape index (κ1) is 14.0. The van der Waals surface area contributed by atoms with Gasteiger partial charge in [0.25, 0.3) is 0 Å². The van der Waals surface area contributed by atoms with Crippen LogP contribution in [0, 0.1) is 0 Å². The van der Waals surface area contributed by atoms with Gasteiger partial charge in [-0.05, 0) is 22.4 Å². The molecule has 24 heavy (non-hydrogen) atoms. The van der Waals surface area contributed by atoms with Crippen molar-refractivity contribution >= 4 is 10.8 Å². The largest absolute Gasteiger partial charge is 0.472 e. The van der Waals surface area contributed by atoms with E-state index in [1.54, 1.807) is 0 Å². The van der Waals surface area contributed by atoms with E-state index in [0.29, 0.717) is 6.61 Å². The third-order valence-electron chi connectivity index (χ3n) is 5.04. The second-order valence-electron chi connectivity index (χ2n) is 6.40. The van der Waals surface area contributed by atoms with Crippen molar-refractivity contribution in [2.45, 2.75) is 12.3 Å². The summed E-state index contributed by atoms with van der Waals surface area (Å²) in [7, 11) is 0. The standard InChI is InChI=1S/C21H19NO2/c1-2-7-16(8-3-1)21-20-17-9-5-4-6-15(17)10-11-18(20)24-19-14-23-13-12-22(19)21/h1-11,19,21H,12-14H2. The maximum Gasteiger partial charge on any atom is 0.177 e. The Kier molecular flexibility index (Phi) is 3.28. The summed E-state index contributed by atoms with van der Waals surface area (Å²) in [6.45, 7) is 2.26.